The summed E-state index contributed by atoms with van der Waals surface area (Å²) in [4.78, 5) is 2.53. The summed E-state index contributed by atoms with van der Waals surface area (Å²) in [7, 11) is 0. The summed E-state index contributed by atoms with van der Waals surface area (Å²) in [6.07, 6.45) is 3.56. The number of rotatable bonds is 5. The maximum atomic E-state index is 3.48. The van der Waals surface area contributed by atoms with E-state index in [4.69, 9.17) is 0 Å². The standard InChI is InChI=1S/C17H26N2/c1-14(2)18-11-16-7-4-8-17(10-16)13-19-9-5-6-15(3)12-19/h4,6-8,10,14,18H,5,9,11-13H2,1-3H3. The number of hydrogen-bond donors (Lipinski definition) is 1. The number of hydrogen-bond acceptors (Lipinski definition) is 2. The van der Waals surface area contributed by atoms with Gasteiger partial charge in [0.05, 0.1) is 0 Å². The Morgan fingerprint density at radius 2 is 2.05 bits per heavy atom. The largest absolute Gasteiger partial charge is 0.310 e. The molecule has 0 fully saturated rings. The van der Waals surface area contributed by atoms with Gasteiger partial charge in [0.2, 0.25) is 0 Å². The van der Waals surface area contributed by atoms with Crippen LogP contribution in [0.1, 0.15) is 38.3 Å². The zero-order valence-electron chi connectivity index (χ0n) is 12.4. The molecule has 0 atom stereocenters. The van der Waals surface area contributed by atoms with Crippen molar-refractivity contribution in [2.24, 2.45) is 0 Å². The van der Waals surface area contributed by atoms with Crippen LogP contribution in [0.15, 0.2) is 35.9 Å². The minimum Gasteiger partial charge on any atom is -0.310 e. The van der Waals surface area contributed by atoms with E-state index < -0.39 is 0 Å². The molecular weight excluding hydrogens is 232 g/mol. The van der Waals surface area contributed by atoms with Gasteiger partial charge in [0, 0.05) is 32.2 Å². The minimum absolute atomic E-state index is 0.540. The highest BCUT2D eigenvalue weighted by molar-refractivity contribution is 5.23. The fourth-order valence-corrected chi connectivity index (χ4v) is 2.54. The predicted octanol–water partition coefficient (Wildman–Crippen LogP) is 3.34. The number of nitrogens with zero attached hydrogens (tertiary/aromatic N) is 1. The molecule has 1 aliphatic rings. The van der Waals surface area contributed by atoms with Gasteiger partial charge in [-0.15, -0.1) is 0 Å². The zero-order chi connectivity index (χ0) is 13.7. The summed E-state index contributed by atoms with van der Waals surface area (Å²) in [5.41, 5.74) is 4.32. The summed E-state index contributed by atoms with van der Waals surface area (Å²) in [5, 5.41) is 3.48. The SMILES string of the molecule is CC1=CCCN(Cc2cccc(CNC(C)C)c2)C1. The second kappa shape index (κ2) is 6.88. The molecule has 0 aromatic heterocycles. The van der Waals surface area contributed by atoms with E-state index in [1.165, 1.54) is 29.7 Å². The third kappa shape index (κ3) is 4.81. The molecule has 0 aliphatic carbocycles. The van der Waals surface area contributed by atoms with E-state index in [9.17, 15) is 0 Å². The Morgan fingerprint density at radius 1 is 1.26 bits per heavy atom. The Morgan fingerprint density at radius 3 is 2.79 bits per heavy atom. The van der Waals surface area contributed by atoms with Crippen molar-refractivity contribution in [3.63, 3.8) is 0 Å². The van der Waals surface area contributed by atoms with E-state index in [2.05, 4.69) is 61.3 Å². The van der Waals surface area contributed by atoms with Crippen molar-refractivity contribution in [2.45, 2.75) is 46.3 Å². The molecule has 1 aromatic rings. The van der Waals surface area contributed by atoms with E-state index in [-0.39, 0.29) is 0 Å². The van der Waals surface area contributed by atoms with E-state index >= 15 is 0 Å². The Balaban J connectivity index is 1.93. The first kappa shape index (κ1) is 14.3. The van der Waals surface area contributed by atoms with Crippen LogP contribution in [0.25, 0.3) is 0 Å². The molecule has 0 radical (unpaired) electrons. The summed E-state index contributed by atoms with van der Waals surface area (Å²) >= 11 is 0. The van der Waals surface area contributed by atoms with Crippen molar-refractivity contribution in [1.29, 1.82) is 0 Å². The molecule has 0 amide bonds. The third-order valence-corrected chi connectivity index (χ3v) is 3.52. The minimum atomic E-state index is 0.540. The summed E-state index contributed by atoms with van der Waals surface area (Å²) < 4.78 is 0. The Bertz CT molecular complexity index is 435. The van der Waals surface area contributed by atoms with E-state index in [1.54, 1.807) is 0 Å². The molecule has 0 saturated heterocycles. The lowest BCUT2D eigenvalue weighted by atomic mass is 10.1. The molecule has 0 saturated carbocycles. The molecule has 2 nitrogen and oxygen atoms in total. The summed E-state index contributed by atoms with van der Waals surface area (Å²) in [6, 6.07) is 9.51. The molecule has 104 valence electrons. The lowest BCUT2D eigenvalue weighted by molar-refractivity contribution is 0.282. The first-order valence-corrected chi connectivity index (χ1v) is 7.32. The lowest BCUT2D eigenvalue weighted by Crippen LogP contribution is -2.29. The van der Waals surface area contributed by atoms with Crippen molar-refractivity contribution >= 4 is 0 Å². The molecular formula is C17H26N2. The van der Waals surface area contributed by atoms with Crippen molar-refractivity contribution in [1.82, 2.24) is 10.2 Å². The van der Waals surface area contributed by atoms with E-state index in [0.717, 1.165) is 19.6 Å². The van der Waals surface area contributed by atoms with Crippen LogP contribution in [0, 0.1) is 0 Å². The monoisotopic (exact) mass is 258 g/mol. The van der Waals surface area contributed by atoms with Gasteiger partial charge in [-0.1, -0.05) is 49.8 Å². The first-order chi connectivity index (χ1) is 9.13. The zero-order valence-corrected chi connectivity index (χ0v) is 12.4. The highest BCUT2D eigenvalue weighted by Gasteiger charge is 2.10. The predicted molar refractivity (Wildman–Crippen MR) is 82.1 cm³/mol. The van der Waals surface area contributed by atoms with Crippen LogP contribution in [0.3, 0.4) is 0 Å². The van der Waals surface area contributed by atoms with Crippen LogP contribution >= 0.6 is 0 Å². The van der Waals surface area contributed by atoms with Crippen LogP contribution in [0.2, 0.25) is 0 Å². The van der Waals surface area contributed by atoms with Gasteiger partial charge >= 0.3 is 0 Å². The smallest absolute Gasteiger partial charge is 0.0237 e. The quantitative estimate of drug-likeness (QED) is 0.815. The van der Waals surface area contributed by atoms with Crippen LogP contribution in [-0.2, 0) is 13.1 Å². The molecule has 0 bridgehead atoms. The van der Waals surface area contributed by atoms with Gasteiger partial charge in [-0.3, -0.25) is 4.90 Å². The topological polar surface area (TPSA) is 15.3 Å². The molecule has 2 heteroatoms. The Labute approximate surface area is 117 Å². The first-order valence-electron chi connectivity index (χ1n) is 7.32. The van der Waals surface area contributed by atoms with Crippen molar-refractivity contribution in [2.75, 3.05) is 13.1 Å². The number of nitrogens with one attached hydrogen (secondary N) is 1. The average molecular weight is 258 g/mol. The molecule has 1 heterocycles. The Hall–Kier alpha value is -1.12. The van der Waals surface area contributed by atoms with Crippen LogP contribution < -0.4 is 5.32 Å². The molecule has 0 spiro atoms. The summed E-state index contributed by atoms with van der Waals surface area (Å²) in [6.45, 7) is 10.9. The molecule has 1 aromatic carbocycles. The van der Waals surface area contributed by atoms with Gasteiger partial charge in [0.25, 0.3) is 0 Å². The van der Waals surface area contributed by atoms with Gasteiger partial charge in [0.15, 0.2) is 0 Å². The fourth-order valence-electron chi connectivity index (χ4n) is 2.54. The van der Waals surface area contributed by atoms with Crippen molar-refractivity contribution in [3.05, 3.63) is 47.0 Å². The van der Waals surface area contributed by atoms with Crippen LogP contribution in [0.5, 0.6) is 0 Å². The van der Waals surface area contributed by atoms with E-state index in [1.807, 2.05) is 0 Å². The van der Waals surface area contributed by atoms with Gasteiger partial charge in [-0.05, 0) is 24.5 Å². The molecule has 19 heavy (non-hydrogen) atoms. The molecule has 2 rings (SSSR count). The summed E-state index contributed by atoms with van der Waals surface area (Å²) in [5.74, 6) is 0. The third-order valence-electron chi connectivity index (χ3n) is 3.52. The van der Waals surface area contributed by atoms with Crippen LogP contribution in [-0.4, -0.2) is 24.0 Å². The number of benzene rings is 1. The highest BCUT2D eigenvalue weighted by atomic mass is 15.1. The van der Waals surface area contributed by atoms with Gasteiger partial charge in [-0.2, -0.15) is 0 Å². The molecule has 1 N–H and O–H groups in total. The second-order valence-corrected chi connectivity index (χ2v) is 5.91. The van der Waals surface area contributed by atoms with Gasteiger partial charge in [-0.25, -0.2) is 0 Å². The lowest BCUT2D eigenvalue weighted by Gasteiger charge is -2.26. The maximum Gasteiger partial charge on any atom is 0.0237 e. The van der Waals surface area contributed by atoms with Gasteiger partial charge in [0.1, 0.15) is 0 Å². The van der Waals surface area contributed by atoms with E-state index in [0.29, 0.717) is 6.04 Å². The normalized spacial score (nSPS) is 16.7. The van der Waals surface area contributed by atoms with Gasteiger partial charge < -0.3 is 5.32 Å². The molecule has 1 aliphatic heterocycles. The molecule has 0 unspecified atom stereocenters. The Kier molecular flexibility index (Phi) is 5.17. The second-order valence-electron chi connectivity index (χ2n) is 5.91. The van der Waals surface area contributed by atoms with Crippen molar-refractivity contribution < 1.29 is 0 Å². The highest BCUT2D eigenvalue weighted by Crippen LogP contribution is 2.14. The fraction of sp³-hybridized carbons (Fsp3) is 0.529. The maximum absolute atomic E-state index is 3.48. The van der Waals surface area contributed by atoms with Crippen LogP contribution in [0.4, 0.5) is 0 Å². The average Bonchev–Trinajstić information content (AvgIpc) is 2.37. The van der Waals surface area contributed by atoms with Crippen molar-refractivity contribution in [3.8, 4) is 0 Å².